The van der Waals surface area contributed by atoms with E-state index >= 15 is 0 Å². The molecule has 1 aromatic heterocycles. The summed E-state index contributed by atoms with van der Waals surface area (Å²) in [6.07, 6.45) is 3.12. The summed E-state index contributed by atoms with van der Waals surface area (Å²) < 4.78 is 4.93. The first-order chi connectivity index (χ1) is 8.02. The summed E-state index contributed by atoms with van der Waals surface area (Å²) >= 11 is 0. The van der Waals surface area contributed by atoms with Gasteiger partial charge >= 0.3 is 0 Å². The number of rotatable bonds is 6. The van der Waals surface area contributed by atoms with Gasteiger partial charge in [-0.3, -0.25) is 20.1 Å². The van der Waals surface area contributed by atoms with E-state index in [0.717, 1.165) is 0 Å². The molecule has 0 radical (unpaired) electrons. The number of nitrogens with zero attached hydrogens (tertiary/aromatic N) is 2. The SMILES string of the molecule is COCCNC(C)(C(N)=O)c1nccnc1C. The van der Waals surface area contributed by atoms with E-state index in [1.54, 1.807) is 33.4 Å². The van der Waals surface area contributed by atoms with Crippen LogP contribution in [0, 0.1) is 6.92 Å². The molecule has 1 heterocycles. The molecule has 94 valence electrons. The van der Waals surface area contributed by atoms with Crippen LogP contribution < -0.4 is 11.1 Å². The average Bonchev–Trinajstić information content (AvgIpc) is 2.29. The van der Waals surface area contributed by atoms with Crippen LogP contribution in [0.25, 0.3) is 0 Å². The number of ether oxygens (including phenoxy) is 1. The molecule has 0 saturated heterocycles. The molecule has 0 spiro atoms. The van der Waals surface area contributed by atoms with Crippen molar-refractivity contribution in [3.8, 4) is 0 Å². The third-order valence-corrected chi connectivity index (χ3v) is 2.63. The molecule has 0 aliphatic rings. The van der Waals surface area contributed by atoms with Gasteiger partial charge in [0.2, 0.25) is 5.91 Å². The van der Waals surface area contributed by atoms with Crippen molar-refractivity contribution in [1.29, 1.82) is 0 Å². The van der Waals surface area contributed by atoms with Crippen LogP contribution in [-0.4, -0.2) is 36.1 Å². The van der Waals surface area contributed by atoms with Gasteiger partial charge in [0.1, 0.15) is 5.54 Å². The first-order valence-corrected chi connectivity index (χ1v) is 5.34. The van der Waals surface area contributed by atoms with E-state index in [-0.39, 0.29) is 0 Å². The predicted octanol–water partition coefficient (Wildman–Crippen LogP) is -0.278. The van der Waals surface area contributed by atoms with Gasteiger partial charge < -0.3 is 10.5 Å². The lowest BCUT2D eigenvalue weighted by Gasteiger charge is -2.27. The molecule has 0 saturated carbocycles. The Balaban J connectivity index is 2.99. The normalized spacial score (nSPS) is 14.3. The summed E-state index contributed by atoms with van der Waals surface area (Å²) in [6.45, 7) is 4.48. The zero-order valence-corrected chi connectivity index (χ0v) is 10.4. The van der Waals surface area contributed by atoms with E-state index in [9.17, 15) is 4.79 Å². The molecule has 6 heteroatoms. The van der Waals surface area contributed by atoms with Gasteiger partial charge in [0, 0.05) is 26.0 Å². The maximum atomic E-state index is 11.6. The molecule has 6 nitrogen and oxygen atoms in total. The van der Waals surface area contributed by atoms with Crippen LogP contribution in [0.5, 0.6) is 0 Å². The van der Waals surface area contributed by atoms with Gasteiger partial charge in [-0.1, -0.05) is 0 Å². The number of carbonyl (C=O) groups excluding carboxylic acids is 1. The van der Waals surface area contributed by atoms with Gasteiger partial charge in [0.25, 0.3) is 0 Å². The summed E-state index contributed by atoms with van der Waals surface area (Å²) in [6, 6.07) is 0. The molecule has 0 aliphatic carbocycles. The van der Waals surface area contributed by atoms with Crippen molar-refractivity contribution in [2.75, 3.05) is 20.3 Å². The van der Waals surface area contributed by atoms with E-state index in [4.69, 9.17) is 10.5 Å². The second kappa shape index (κ2) is 5.70. The highest BCUT2D eigenvalue weighted by atomic mass is 16.5. The van der Waals surface area contributed by atoms with E-state index in [1.165, 1.54) is 0 Å². The molecule has 0 aliphatic heterocycles. The molecular formula is C11H18N4O2. The van der Waals surface area contributed by atoms with Crippen LogP contribution in [0.4, 0.5) is 0 Å². The van der Waals surface area contributed by atoms with Gasteiger partial charge in [-0.25, -0.2) is 0 Å². The minimum Gasteiger partial charge on any atom is -0.383 e. The summed E-state index contributed by atoms with van der Waals surface area (Å²) in [5, 5.41) is 3.05. The number of aryl methyl sites for hydroxylation is 1. The Bertz CT molecular complexity index is 397. The smallest absolute Gasteiger partial charge is 0.243 e. The summed E-state index contributed by atoms with van der Waals surface area (Å²) in [4.78, 5) is 19.9. The van der Waals surface area contributed by atoms with Crippen molar-refractivity contribution < 1.29 is 9.53 Å². The highest BCUT2D eigenvalue weighted by Crippen LogP contribution is 2.19. The molecule has 3 N–H and O–H groups in total. The number of hydrogen-bond acceptors (Lipinski definition) is 5. The molecule has 1 aromatic rings. The van der Waals surface area contributed by atoms with Gasteiger partial charge in [-0.05, 0) is 13.8 Å². The maximum absolute atomic E-state index is 11.6. The molecule has 0 bridgehead atoms. The Hall–Kier alpha value is -1.53. The van der Waals surface area contributed by atoms with E-state index < -0.39 is 11.4 Å². The van der Waals surface area contributed by atoms with Crippen LogP contribution in [0.1, 0.15) is 18.3 Å². The Labute approximate surface area is 101 Å². The second-order valence-electron chi connectivity index (χ2n) is 3.90. The standard InChI is InChI=1S/C11H18N4O2/c1-8-9(14-5-4-13-8)11(2,10(12)16)15-6-7-17-3/h4-5,15H,6-7H2,1-3H3,(H2,12,16). The fourth-order valence-electron chi connectivity index (χ4n) is 1.59. The lowest BCUT2D eigenvalue weighted by Crippen LogP contribution is -2.52. The number of aromatic nitrogens is 2. The van der Waals surface area contributed by atoms with Crippen LogP contribution in [0.3, 0.4) is 0 Å². The molecule has 1 amide bonds. The zero-order valence-electron chi connectivity index (χ0n) is 10.4. The zero-order chi connectivity index (χ0) is 12.9. The van der Waals surface area contributed by atoms with Crippen molar-refractivity contribution in [3.63, 3.8) is 0 Å². The highest BCUT2D eigenvalue weighted by molar-refractivity contribution is 5.85. The highest BCUT2D eigenvalue weighted by Gasteiger charge is 2.35. The number of hydrogen-bond donors (Lipinski definition) is 2. The lowest BCUT2D eigenvalue weighted by molar-refractivity contribution is -0.124. The second-order valence-corrected chi connectivity index (χ2v) is 3.90. The van der Waals surface area contributed by atoms with Crippen molar-refractivity contribution in [2.45, 2.75) is 19.4 Å². The first-order valence-electron chi connectivity index (χ1n) is 5.34. The fraction of sp³-hybridized carbons (Fsp3) is 0.545. The maximum Gasteiger partial charge on any atom is 0.243 e. The third kappa shape index (κ3) is 2.98. The van der Waals surface area contributed by atoms with Crippen LogP contribution >= 0.6 is 0 Å². The van der Waals surface area contributed by atoms with Gasteiger partial charge in [0.15, 0.2) is 0 Å². The van der Waals surface area contributed by atoms with Crippen molar-refractivity contribution in [1.82, 2.24) is 15.3 Å². The Morgan fingerprint density at radius 3 is 2.71 bits per heavy atom. The average molecular weight is 238 g/mol. The van der Waals surface area contributed by atoms with E-state index in [0.29, 0.717) is 24.5 Å². The summed E-state index contributed by atoms with van der Waals surface area (Å²) in [7, 11) is 1.59. The molecular weight excluding hydrogens is 220 g/mol. The number of nitrogens with two attached hydrogens (primary N) is 1. The van der Waals surface area contributed by atoms with Crippen LogP contribution in [0.15, 0.2) is 12.4 Å². The van der Waals surface area contributed by atoms with Gasteiger partial charge in [-0.15, -0.1) is 0 Å². The number of amides is 1. The Morgan fingerprint density at radius 1 is 1.53 bits per heavy atom. The Kier molecular flexibility index (Phi) is 4.53. The number of primary amides is 1. The molecule has 1 atom stereocenters. The molecule has 1 unspecified atom stereocenters. The fourth-order valence-corrected chi connectivity index (χ4v) is 1.59. The summed E-state index contributed by atoms with van der Waals surface area (Å²) in [5.74, 6) is -0.489. The van der Waals surface area contributed by atoms with Crippen LogP contribution in [-0.2, 0) is 15.1 Å². The Morgan fingerprint density at radius 2 is 2.18 bits per heavy atom. The lowest BCUT2D eigenvalue weighted by atomic mass is 9.95. The van der Waals surface area contributed by atoms with Gasteiger partial charge in [0.05, 0.1) is 18.0 Å². The third-order valence-electron chi connectivity index (χ3n) is 2.63. The molecule has 17 heavy (non-hydrogen) atoms. The van der Waals surface area contributed by atoms with Crippen molar-refractivity contribution in [3.05, 3.63) is 23.8 Å². The summed E-state index contributed by atoms with van der Waals surface area (Å²) in [5.41, 5.74) is 5.64. The predicted molar refractivity (Wildman–Crippen MR) is 63.2 cm³/mol. The minimum absolute atomic E-state index is 0.488. The number of methoxy groups -OCH3 is 1. The quantitative estimate of drug-likeness (QED) is 0.665. The minimum atomic E-state index is -1.03. The number of carbonyl (C=O) groups is 1. The molecule has 1 rings (SSSR count). The van der Waals surface area contributed by atoms with E-state index in [2.05, 4.69) is 15.3 Å². The topological polar surface area (TPSA) is 90.1 Å². The monoisotopic (exact) mass is 238 g/mol. The van der Waals surface area contributed by atoms with Gasteiger partial charge in [-0.2, -0.15) is 0 Å². The molecule has 0 aromatic carbocycles. The van der Waals surface area contributed by atoms with Crippen molar-refractivity contribution >= 4 is 5.91 Å². The number of nitrogens with one attached hydrogen (secondary N) is 1. The van der Waals surface area contributed by atoms with Crippen LogP contribution in [0.2, 0.25) is 0 Å². The van der Waals surface area contributed by atoms with Crippen molar-refractivity contribution in [2.24, 2.45) is 5.73 Å². The molecule has 0 fully saturated rings. The largest absolute Gasteiger partial charge is 0.383 e. The van der Waals surface area contributed by atoms with E-state index in [1.807, 2.05) is 0 Å². The first kappa shape index (κ1) is 13.5.